The lowest BCUT2D eigenvalue weighted by Gasteiger charge is -2.09. The molecule has 0 aliphatic rings. The van der Waals surface area contributed by atoms with Gasteiger partial charge in [-0.1, -0.05) is 32.6 Å². The Morgan fingerprint density at radius 3 is 2.70 bits per heavy atom. The maximum absolute atomic E-state index is 11.8. The summed E-state index contributed by atoms with van der Waals surface area (Å²) in [7, 11) is 0. The number of nitro groups is 1. The fourth-order valence-electron chi connectivity index (χ4n) is 2.33. The Balaban J connectivity index is 2.29. The molecular weight excluding hydrogens is 302 g/mol. The van der Waals surface area contributed by atoms with Crippen molar-refractivity contribution < 1.29 is 19.2 Å². The highest BCUT2D eigenvalue weighted by molar-refractivity contribution is 5.87. The average molecular weight is 321 g/mol. The third kappa shape index (κ3) is 4.00. The third-order valence-electron chi connectivity index (χ3n) is 3.50. The normalized spacial score (nSPS) is 10.8. The number of phenols is 1. The first-order chi connectivity index (χ1) is 11.0. The van der Waals surface area contributed by atoms with Crippen molar-refractivity contribution in [3.8, 4) is 11.5 Å². The van der Waals surface area contributed by atoms with Crippen LogP contribution in [0.15, 0.2) is 27.4 Å². The number of unbranched alkanes of at least 4 members (excludes halogenated alkanes) is 4. The number of hydrogen-bond acceptors (Lipinski definition) is 6. The monoisotopic (exact) mass is 321 g/mol. The van der Waals surface area contributed by atoms with E-state index in [1.807, 2.05) is 0 Å². The lowest BCUT2D eigenvalue weighted by Crippen LogP contribution is -2.11. The van der Waals surface area contributed by atoms with Crippen LogP contribution in [0.4, 0.5) is 5.69 Å². The van der Waals surface area contributed by atoms with Gasteiger partial charge in [0, 0.05) is 6.07 Å². The molecule has 2 rings (SSSR count). The predicted molar refractivity (Wildman–Crippen MR) is 85.1 cm³/mol. The van der Waals surface area contributed by atoms with Crippen molar-refractivity contribution in [3.05, 3.63) is 38.7 Å². The molecule has 2 aromatic rings. The van der Waals surface area contributed by atoms with E-state index in [9.17, 15) is 20.0 Å². The number of ether oxygens (including phenoxy) is 1. The number of aromatic hydroxyl groups is 1. The molecule has 7 nitrogen and oxygen atoms in total. The van der Waals surface area contributed by atoms with Crippen molar-refractivity contribution in [1.82, 2.24) is 0 Å². The number of rotatable bonds is 8. The highest BCUT2D eigenvalue weighted by Crippen LogP contribution is 2.34. The van der Waals surface area contributed by atoms with E-state index in [2.05, 4.69) is 6.92 Å². The topological polar surface area (TPSA) is 103 Å². The summed E-state index contributed by atoms with van der Waals surface area (Å²) in [6.45, 7) is 2.40. The summed E-state index contributed by atoms with van der Waals surface area (Å²) in [5.74, 6) is -0.197. The SMILES string of the molecule is CCCCCCCOc1c([N+](=O)[O-])c(=O)oc2cc(O)ccc12. The van der Waals surface area contributed by atoms with E-state index in [0.29, 0.717) is 5.39 Å². The summed E-state index contributed by atoms with van der Waals surface area (Å²) >= 11 is 0. The first-order valence-corrected chi connectivity index (χ1v) is 7.61. The van der Waals surface area contributed by atoms with Gasteiger partial charge in [-0.2, -0.15) is 0 Å². The average Bonchev–Trinajstić information content (AvgIpc) is 2.49. The zero-order valence-electron chi connectivity index (χ0n) is 12.9. The minimum atomic E-state index is -1.09. The van der Waals surface area contributed by atoms with Crippen molar-refractivity contribution in [3.63, 3.8) is 0 Å². The molecule has 0 aliphatic heterocycles. The van der Waals surface area contributed by atoms with Gasteiger partial charge in [0.1, 0.15) is 11.3 Å². The van der Waals surface area contributed by atoms with Gasteiger partial charge in [-0.05, 0) is 18.6 Å². The van der Waals surface area contributed by atoms with Gasteiger partial charge in [-0.15, -0.1) is 0 Å². The molecule has 23 heavy (non-hydrogen) atoms. The number of benzene rings is 1. The molecule has 0 aliphatic carbocycles. The Morgan fingerprint density at radius 2 is 2.00 bits per heavy atom. The standard InChI is InChI=1S/C16H19NO6/c1-2-3-4-5-6-9-22-15-12-8-7-11(18)10-13(12)23-16(19)14(15)17(20)21/h7-8,10,18H,2-6,9H2,1H3. The molecule has 1 N–H and O–H groups in total. The van der Waals surface area contributed by atoms with Gasteiger partial charge in [0.2, 0.25) is 5.75 Å². The molecule has 1 heterocycles. The minimum absolute atomic E-state index is 0.0570. The summed E-state index contributed by atoms with van der Waals surface area (Å²) in [4.78, 5) is 22.2. The van der Waals surface area contributed by atoms with E-state index in [4.69, 9.17) is 9.15 Å². The van der Waals surface area contributed by atoms with Crippen LogP contribution in [0, 0.1) is 10.1 Å². The summed E-state index contributed by atoms with van der Waals surface area (Å²) < 4.78 is 10.4. The summed E-state index contributed by atoms with van der Waals surface area (Å²) in [6.07, 6.45) is 5.05. The molecule has 0 unspecified atom stereocenters. The van der Waals surface area contributed by atoms with Crippen molar-refractivity contribution in [1.29, 1.82) is 0 Å². The van der Waals surface area contributed by atoms with Crippen LogP contribution in [-0.4, -0.2) is 16.6 Å². The highest BCUT2D eigenvalue weighted by Gasteiger charge is 2.26. The molecule has 0 atom stereocenters. The van der Waals surface area contributed by atoms with Crippen LogP contribution in [0.25, 0.3) is 11.0 Å². The summed E-state index contributed by atoms with van der Waals surface area (Å²) in [5, 5.41) is 20.9. The van der Waals surface area contributed by atoms with Crippen LogP contribution in [-0.2, 0) is 0 Å². The van der Waals surface area contributed by atoms with Crippen LogP contribution >= 0.6 is 0 Å². The van der Waals surface area contributed by atoms with Gasteiger partial charge >= 0.3 is 11.3 Å². The van der Waals surface area contributed by atoms with Crippen LogP contribution in [0.3, 0.4) is 0 Å². The summed E-state index contributed by atoms with van der Waals surface area (Å²) in [6, 6.07) is 4.03. The zero-order valence-corrected chi connectivity index (χ0v) is 12.9. The Hall–Kier alpha value is -2.57. The Labute approximate surface area is 132 Å². The van der Waals surface area contributed by atoms with E-state index < -0.39 is 16.2 Å². The van der Waals surface area contributed by atoms with E-state index in [-0.39, 0.29) is 23.7 Å². The van der Waals surface area contributed by atoms with Crippen molar-refractivity contribution in [2.75, 3.05) is 6.61 Å². The van der Waals surface area contributed by atoms with Crippen molar-refractivity contribution in [2.24, 2.45) is 0 Å². The van der Waals surface area contributed by atoms with Gasteiger partial charge in [0.05, 0.1) is 16.9 Å². The molecule has 1 aromatic carbocycles. The third-order valence-corrected chi connectivity index (χ3v) is 3.50. The van der Waals surface area contributed by atoms with Gasteiger partial charge < -0.3 is 14.3 Å². The van der Waals surface area contributed by atoms with E-state index >= 15 is 0 Å². The van der Waals surface area contributed by atoms with Gasteiger partial charge in [0.25, 0.3) is 0 Å². The smallest absolute Gasteiger partial charge is 0.419 e. The zero-order chi connectivity index (χ0) is 16.8. The van der Waals surface area contributed by atoms with Gasteiger partial charge in [0.15, 0.2) is 0 Å². The maximum atomic E-state index is 11.8. The number of nitrogens with zero attached hydrogens (tertiary/aromatic N) is 1. The number of fused-ring (bicyclic) bond motifs is 1. The molecule has 0 spiro atoms. The molecule has 0 bridgehead atoms. The van der Waals surface area contributed by atoms with Crippen molar-refractivity contribution in [2.45, 2.75) is 39.0 Å². The molecule has 0 amide bonds. The lowest BCUT2D eigenvalue weighted by molar-refractivity contribution is -0.388. The van der Waals surface area contributed by atoms with Crippen LogP contribution in [0.5, 0.6) is 11.5 Å². The predicted octanol–water partition coefficient (Wildman–Crippen LogP) is 3.76. The van der Waals surface area contributed by atoms with Crippen LogP contribution in [0.1, 0.15) is 39.0 Å². The van der Waals surface area contributed by atoms with Crippen LogP contribution in [0.2, 0.25) is 0 Å². The molecule has 0 saturated heterocycles. The maximum Gasteiger partial charge on any atom is 0.419 e. The fraction of sp³-hybridized carbons (Fsp3) is 0.438. The second kappa shape index (κ2) is 7.62. The molecule has 1 aromatic heterocycles. The number of hydrogen-bond donors (Lipinski definition) is 1. The lowest BCUT2D eigenvalue weighted by atomic mass is 10.1. The van der Waals surface area contributed by atoms with Crippen LogP contribution < -0.4 is 10.4 Å². The van der Waals surface area contributed by atoms with E-state index in [0.717, 1.165) is 32.1 Å². The fourth-order valence-corrected chi connectivity index (χ4v) is 2.33. The van der Waals surface area contributed by atoms with E-state index in [1.54, 1.807) is 0 Å². The highest BCUT2D eigenvalue weighted by atomic mass is 16.6. The first-order valence-electron chi connectivity index (χ1n) is 7.61. The quantitative estimate of drug-likeness (QED) is 0.344. The molecule has 7 heteroatoms. The second-order valence-electron chi connectivity index (χ2n) is 5.27. The van der Waals surface area contributed by atoms with Gasteiger partial charge in [-0.25, -0.2) is 4.79 Å². The Bertz CT molecular complexity index is 752. The Kier molecular flexibility index (Phi) is 5.56. The summed E-state index contributed by atoms with van der Waals surface area (Å²) in [5.41, 5.74) is -1.74. The van der Waals surface area contributed by atoms with E-state index in [1.165, 1.54) is 18.2 Å². The molecular formula is C16H19NO6. The largest absolute Gasteiger partial charge is 0.508 e. The Morgan fingerprint density at radius 1 is 1.26 bits per heavy atom. The molecule has 0 radical (unpaired) electrons. The molecule has 0 saturated carbocycles. The van der Waals surface area contributed by atoms with Crippen molar-refractivity contribution >= 4 is 16.7 Å². The molecule has 124 valence electrons. The number of phenolic OH excluding ortho intramolecular Hbond substituents is 1. The first kappa shape index (κ1) is 16.8. The molecule has 0 fully saturated rings. The van der Waals surface area contributed by atoms with Gasteiger partial charge in [-0.3, -0.25) is 10.1 Å². The minimum Gasteiger partial charge on any atom is -0.508 e. The second-order valence-corrected chi connectivity index (χ2v) is 5.27.